The van der Waals surface area contributed by atoms with E-state index in [2.05, 4.69) is 16.5 Å². The number of hydrogen-bond acceptors (Lipinski definition) is 3. The number of benzene rings is 1. The smallest absolute Gasteiger partial charge is 0.288 e. The molecule has 0 saturated carbocycles. The van der Waals surface area contributed by atoms with Gasteiger partial charge in [-0.1, -0.05) is 37.3 Å². The van der Waals surface area contributed by atoms with Gasteiger partial charge in [-0.25, -0.2) is 4.98 Å². The van der Waals surface area contributed by atoms with E-state index in [1.54, 1.807) is 19.0 Å². The van der Waals surface area contributed by atoms with Crippen molar-refractivity contribution in [1.29, 1.82) is 0 Å². The summed E-state index contributed by atoms with van der Waals surface area (Å²) in [6.45, 7) is 2.98. The summed E-state index contributed by atoms with van der Waals surface area (Å²) in [6, 6.07) is 10.0. The quantitative estimate of drug-likeness (QED) is 0.805. The topological polar surface area (TPSA) is 38.1 Å². The fraction of sp³-hybridized carbons (Fsp3) is 0.333. The molecule has 5 heteroatoms. The Hall–Kier alpha value is -1.75. The highest BCUT2D eigenvalue weighted by Gasteiger charge is 2.14. The van der Waals surface area contributed by atoms with Crippen LogP contribution >= 0.6 is 11.8 Å². The van der Waals surface area contributed by atoms with E-state index in [0.717, 1.165) is 29.4 Å². The van der Waals surface area contributed by atoms with Gasteiger partial charge in [0.15, 0.2) is 5.16 Å². The Labute approximate surface area is 123 Å². The molecule has 0 fully saturated rings. The molecule has 106 valence electrons. The third-order valence-corrected chi connectivity index (χ3v) is 3.87. The molecule has 0 atom stereocenters. The van der Waals surface area contributed by atoms with E-state index in [0.29, 0.717) is 0 Å². The zero-order valence-corrected chi connectivity index (χ0v) is 12.9. The molecule has 1 amide bonds. The maximum absolute atomic E-state index is 11.9. The lowest BCUT2D eigenvalue weighted by Gasteiger charge is -2.09. The number of aryl methyl sites for hydroxylation is 1. The van der Waals surface area contributed by atoms with Gasteiger partial charge >= 0.3 is 0 Å². The van der Waals surface area contributed by atoms with Gasteiger partial charge in [0.1, 0.15) is 0 Å². The lowest BCUT2D eigenvalue weighted by molar-refractivity contribution is 0.241. The molecule has 0 bridgehead atoms. The number of imidazole rings is 1. The first kappa shape index (κ1) is 14.7. The zero-order valence-electron chi connectivity index (χ0n) is 12.0. The molecule has 2 aromatic rings. The first-order chi connectivity index (χ1) is 9.61. The summed E-state index contributed by atoms with van der Waals surface area (Å²) in [4.78, 5) is 18.0. The Morgan fingerprint density at radius 3 is 2.60 bits per heavy atom. The maximum Gasteiger partial charge on any atom is 0.288 e. The summed E-state index contributed by atoms with van der Waals surface area (Å²) in [7, 11) is 3.50. The van der Waals surface area contributed by atoms with Gasteiger partial charge in [-0.3, -0.25) is 4.79 Å². The number of rotatable bonds is 4. The van der Waals surface area contributed by atoms with Crippen LogP contribution in [-0.2, 0) is 6.54 Å². The van der Waals surface area contributed by atoms with E-state index < -0.39 is 0 Å². The second-order valence-electron chi connectivity index (χ2n) is 4.73. The predicted octanol–water partition coefficient (Wildman–Crippen LogP) is 3.73. The zero-order chi connectivity index (χ0) is 14.5. The third kappa shape index (κ3) is 3.42. The van der Waals surface area contributed by atoms with Crippen molar-refractivity contribution in [1.82, 2.24) is 14.5 Å². The molecule has 4 nitrogen and oxygen atoms in total. The number of aromatic nitrogens is 2. The lowest BCUT2D eigenvalue weighted by atomic mass is 10.2. The second-order valence-corrected chi connectivity index (χ2v) is 5.65. The van der Waals surface area contributed by atoms with Crippen LogP contribution in [0.25, 0.3) is 11.3 Å². The maximum atomic E-state index is 11.9. The summed E-state index contributed by atoms with van der Waals surface area (Å²) in [6.07, 6.45) is 3.03. The average molecular weight is 289 g/mol. The molecule has 1 aromatic carbocycles. The largest absolute Gasteiger partial charge is 0.339 e. The van der Waals surface area contributed by atoms with Crippen LogP contribution in [0.15, 0.2) is 41.7 Å². The molecule has 1 heterocycles. The van der Waals surface area contributed by atoms with Gasteiger partial charge in [0.25, 0.3) is 5.24 Å². The Morgan fingerprint density at radius 2 is 2.00 bits per heavy atom. The highest BCUT2D eigenvalue weighted by molar-refractivity contribution is 8.13. The Morgan fingerprint density at radius 1 is 1.30 bits per heavy atom. The average Bonchev–Trinajstić information content (AvgIpc) is 2.83. The van der Waals surface area contributed by atoms with Crippen molar-refractivity contribution in [3.05, 3.63) is 36.5 Å². The van der Waals surface area contributed by atoms with Crippen molar-refractivity contribution in [2.24, 2.45) is 0 Å². The number of carbonyl (C=O) groups is 1. The van der Waals surface area contributed by atoms with Gasteiger partial charge in [0.2, 0.25) is 0 Å². The van der Waals surface area contributed by atoms with Crippen molar-refractivity contribution in [2.45, 2.75) is 25.0 Å². The molecule has 1 aromatic heterocycles. The number of carbonyl (C=O) groups excluding carboxylic acids is 1. The summed E-state index contributed by atoms with van der Waals surface area (Å²) >= 11 is 1.17. The molecular weight excluding hydrogens is 270 g/mol. The Balaban J connectivity index is 2.31. The summed E-state index contributed by atoms with van der Waals surface area (Å²) < 4.78 is 2.05. The molecule has 0 saturated heterocycles. The summed E-state index contributed by atoms with van der Waals surface area (Å²) in [5, 5.41) is 0.747. The van der Waals surface area contributed by atoms with Crippen molar-refractivity contribution in [3.8, 4) is 11.3 Å². The standard InChI is InChI=1S/C15H19N3OS/c1-4-10-18-11-13(12-8-6-5-7-9-12)16-14(18)20-15(19)17(2)3/h5-9,11H,4,10H2,1-3H3. The number of amides is 1. The van der Waals surface area contributed by atoms with Crippen molar-refractivity contribution in [2.75, 3.05) is 14.1 Å². The van der Waals surface area contributed by atoms with Crippen molar-refractivity contribution >= 4 is 17.0 Å². The molecule has 20 heavy (non-hydrogen) atoms. The summed E-state index contributed by atoms with van der Waals surface area (Å²) in [5.41, 5.74) is 1.98. The molecule has 0 radical (unpaired) electrons. The van der Waals surface area contributed by atoms with E-state index in [1.807, 2.05) is 36.5 Å². The summed E-state index contributed by atoms with van der Waals surface area (Å²) in [5.74, 6) is 0. The fourth-order valence-corrected chi connectivity index (χ4v) is 2.54. The number of thioether (sulfide) groups is 1. The number of nitrogens with zero attached hydrogens (tertiary/aromatic N) is 3. The van der Waals surface area contributed by atoms with E-state index in [-0.39, 0.29) is 5.24 Å². The predicted molar refractivity (Wildman–Crippen MR) is 82.9 cm³/mol. The molecule has 0 aliphatic carbocycles. The highest BCUT2D eigenvalue weighted by atomic mass is 32.2. The van der Waals surface area contributed by atoms with Crippen LogP contribution < -0.4 is 0 Å². The fourth-order valence-electron chi connectivity index (χ4n) is 1.80. The van der Waals surface area contributed by atoms with E-state index in [4.69, 9.17) is 0 Å². The van der Waals surface area contributed by atoms with Crippen LogP contribution in [0.2, 0.25) is 0 Å². The van der Waals surface area contributed by atoms with Gasteiger partial charge in [-0.05, 0) is 6.42 Å². The van der Waals surface area contributed by atoms with Crippen molar-refractivity contribution in [3.63, 3.8) is 0 Å². The van der Waals surface area contributed by atoms with Crippen LogP contribution in [0, 0.1) is 0 Å². The number of hydrogen-bond donors (Lipinski definition) is 0. The van der Waals surface area contributed by atoms with Crippen LogP contribution in [0.1, 0.15) is 13.3 Å². The first-order valence-corrected chi connectivity index (χ1v) is 7.45. The van der Waals surface area contributed by atoms with Crippen LogP contribution in [0.3, 0.4) is 0 Å². The minimum atomic E-state index is -0.00688. The van der Waals surface area contributed by atoms with E-state index >= 15 is 0 Å². The minimum absolute atomic E-state index is 0.00688. The highest BCUT2D eigenvalue weighted by Crippen LogP contribution is 2.25. The van der Waals surface area contributed by atoms with E-state index in [1.165, 1.54) is 11.8 Å². The third-order valence-electron chi connectivity index (χ3n) is 2.82. The molecule has 0 N–H and O–H groups in total. The lowest BCUT2D eigenvalue weighted by Crippen LogP contribution is -2.17. The van der Waals surface area contributed by atoms with Gasteiger partial charge in [-0.15, -0.1) is 0 Å². The molecule has 0 unspecified atom stereocenters. The van der Waals surface area contributed by atoms with Crippen molar-refractivity contribution < 1.29 is 4.79 Å². The molecule has 0 aliphatic heterocycles. The van der Waals surface area contributed by atoms with Gasteiger partial charge in [-0.2, -0.15) is 0 Å². The van der Waals surface area contributed by atoms with Crippen LogP contribution in [0.5, 0.6) is 0 Å². The monoisotopic (exact) mass is 289 g/mol. The van der Waals surface area contributed by atoms with Crippen LogP contribution in [-0.4, -0.2) is 33.8 Å². The van der Waals surface area contributed by atoms with Gasteiger partial charge < -0.3 is 9.47 Å². The molecular formula is C15H19N3OS. The van der Waals surface area contributed by atoms with Crippen LogP contribution in [0.4, 0.5) is 4.79 Å². The normalized spacial score (nSPS) is 10.6. The SMILES string of the molecule is CCCn1cc(-c2ccccc2)nc1SC(=O)N(C)C. The molecule has 0 spiro atoms. The molecule has 2 rings (SSSR count). The molecule has 0 aliphatic rings. The van der Waals surface area contributed by atoms with Gasteiger partial charge in [0.05, 0.1) is 5.69 Å². The van der Waals surface area contributed by atoms with Gasteiger partial charge in [0, 0.05) is 44.2 Å². The first-order valence-electron chi connectivity index (χ1n) is 6.63. The minimum Gasteiger partial charge on any atom is -0.339 e. The van der Waals surface area contributed by atoms with E-state index in [9.17, 15) is 4.79 Å². The second kappa shape index (κ2) is 6.61. The Kier molecular flexibility index (Phi) is 4.84. The Bertz CT molecular complexity index is 578.